The number of thioether (sulfide) groups is 1. The van der Waals surface area contributed by atoms with Gasteiger partial charge in [0.2, 0.25) is 5.91 Å². The molecule has 2 N–H and O–H groups in total. The van der Waals surface area contributed by atoms with E-state index in [1.807, 2.05) is 0 Å². The molecule has 0 spiro atoms. The highest BCUT2D eigenvalue weighted by Crippen LogP contribution is 2.39. The first-order valence-electron chi connectivity index (χ1n) is 14.0. The number of amides is 2. The first-order chi connectivity index (χ1) is 19.8. The van der Waals surface area contributed by atoms with Gasteiger partial charge in [0.05, 0.1) is 30.6 Å². The Morgan fingerprint density at radius 1 is 1.12 bits per heavy atom. The average molecular weight is 600 g/mol. The number of unbranched alkanes of at least 4 members (excludes halogenated alkanes) is 1. The van der Waals surface area contributed by atoms with Gasteiger partial charge in [-0.1, -0.05) is 25.1 Å². The summed E-state index contributed by atoms with van der Waals surface area (Å²) in [5, 5.41) is 14.8. The molecule has 2 aromatic heterocycles. The third-order valence-corrected chi connectivity index (χ3v) is 9.10. The lowest BCUT2D eigenvalue weighted by Crippen LogP contribution is -2.25. The number of benzene rings is 1. The highest BCUT2D eigenvalue weighted by molar-refractivity contribution is 8.00. The zero-order valence-corrected chi connectivity index (χ0v) is 25.6. The smallest absolute Gasteiger partial charge is 0.341 e. The number of thiophene rings is 1. The molecule has 0 fully saturated rings. The van der Waals surface area contributed by atoms with Gasteiger partial charge in [0.1, 0.15) is 10.8 Å². The number of esters is 1. The molecule has 2 heterocycles. The maximum absolute atomic E-state index is 13.1. The monoisotopic (exact) mass is 599 g/mol. The molecule has 0 saturated carbocycles. The Labute approximate surface area is 248 Å². The van der Waals surface area contributed by atoms with Gasteiger partial charge in [-0.05, 0) is 75.8 Å². The van der Waals surface area contributed by atoms with Crippen molar-refractivity contribution >= 4 is 45.9 Å². The van der Waals surface area contributed by atoms with Crippen LogP contribution in [0.25, 0.3) is 0 Å². The van der Waals surface area contributed by atoms with E-state index < -0.39 is 11.2 Å². The van der Waals surface area contributed by atoms with Crippen LogP contribution in [0, 0.1) is 0 Å². The summed E-state index contributed by atoms with van der Waals surface area (Å²) in [5.41, 5.74) is 2.02. The molecule has 41 heavy (non-hydrogen) atoms. The van der Waals surface area contributed by atoms with Crippen molar-refractivity contribution in [1.82, 2.24) is 20.1 Å². The number of nitrogens with zero attached hydrogens (tertiary/aromatic N) is 3. The number of aromatic nitrogens is 3. The quantitative estimate of drug-likeness (QED) is 0.157. The predicted molar refractivity (Wildman–Crippen MR) is 160 cm³/mol. The Hall–Kier alpha value is -3.38. The number of carbonyl (C=O) groups excluding carboxylic acids is 3. The summed E-state index contributed by atoms with van der Waals surface area (Å²) in [6.07, 6.45) is 5.86. The highest BCUT2D eigenvalue weighted by atomic mass is 32.2. The predicted octanol–water partition coefficient (Wildman–Crippen LogP) is 5.16. The standard InChI is InChI=1S/C29H37N5O5S2/c1-5-7-16-39-20-14-12-19(13-15-20)26(36)30-17-23-32-33-29(34(23)4)40-18(3)25(35)31-27-24(28(37)38-6-2)21-10-8-9-11-22(21)41-27/h12-15,18H,5-11,16-17H2,1-4H3,(H,30,36)(H,31,35)/t18-/m0/s1. The van der Waals surface area contributed by atoms with Crippen molar-refractivity contribution in [3.8, 4) is 5.75 Å². The van der Waals surface area contributed by atoms with Crippen LogP contribution in [-0.2, 0) is 36.0 Å². The Bertz CT molecular complexity index is 1370. The number of hydrogen-bond donors (Lipinski definition) is 2. The molecule has 1 atom stereocenters. The van der Waals surface area contributed by atoms with Crippen LogP contribution in [0.2, 0.25) is 0 Å². The maximum atomic E-state index is 13.1. The fourth-order valence-corrected chi connectivity index (χ4v) is 6.51. The molecule has 1 aliphatic carbocycles. The molecule has 3 aromatic rings. The van der Waals surface area contributed by atoms with E-state index in [0.717, 1.165) is 54.7 Å². The lowest BCUT2D eigenvalue weighted by atomic mass is 9.95. The molecule has 0 unspecified atom stereocenters. The molecule has 1 aliphatic rings. The summed E-state index contributed by atoms with van der Waals surface area (Å²) < 4.78 is 12.7. The van der Waals surface area contributed by atoms with E-state index in [9.17, 15) is 14.4 Å². The second-order valence-corrected chi connectivity index (χ2v) is 12.2. The van der Waals surface area contributed by atoms with Gasteiger partial charge in [-0.15, -0.1) is 21.5 Å². The first-order valence-corrected chi connectivity index (χ1v) is 15.7. The normalized spacial score (nSPS) is 13.3. The summed E-state index contributed by atoms with van der Waals surface area (Å²) in [6.45, 7) is 6.77. The summed E-state index contributed by atoms with van der Waals surface area (Å²) in [5.74, 6) is 0.436. The summed E-state index contributed by atoms with van der Waals surface area (Å²) >= 11 is 2.72. The lowest BCUT2D eigenvalue weighted by Gasteiger charge is -2.13. The van der Waals surface area contributed by atoms with E-state index in [4.69, 9.17) is 9.47 Å². The number of aryl methyl sites for hydroxylation is 1. The minimum Gasteiger partial charge on any atom is -0.494 e. The summed E-state index contributed by atoms with van der Waals surface area (Å²) in [7, 11) is 1.79. The van der Waals surface area contributed by atoms with Crippen LogP contribution in [0.1, 0.15) is 83.4 Å². The molecule has 0 bridgehead atoms. The van der Waals surface area contributed by atoms with Crippen LogP contribution >= 0.6 is 23.1 Å². The van der Waals surface area contributed by atoms with E-state index in [1.54, 1.807) is 49.7 Å². The molecule has 0 saturated heterocycles. The third-order valence-electron chi connectivity index (χ3n) is 6.75. The van der Waals surface area contributed by atoms with Gasteiger partial charge in [0, 0.05) is 17.5 Å². The molecule has 0 radical (unpaired) electrons. The van der Waals surface area contributed by atoms with Gasteiger partial charge in [-0.25, -0.2) is 4.79 Å². The fourth-order valence-electron chi connectivity index (χ4n) is 4.40. The first kappa shape index (κ1) is 30.6. The number of nitrogens with one attached hydrogen (secondary N) is 2. The molecule has 12 heteroatoms. The van der Waals surface area contributed by atoms with Crippen molar-refractivity contribution in [2.75, 3.05) is 18.5 Å². The Kier molecular flexibility index (Phi) is 10.8. The van der Waals surface area contributed by atoms with Gasteiger partial charge in [0.25, 0.3) is 5.91 Å². The van der Waals surface area contributed by atoms with E-state index in [1.165, 1.54) is 23.1 Å². The van der Waals surface area contributed by atoms with Gasteiger partial charge < -0.3 is 24.7 Å². The average Bonchev–Trinajstić information content (AvgIpc) is 3.51. The van der Waals surface area contributed by atoms with E-state index >= 15 is 0 Å². The van der Waals surface area contributed by atoms with Crippen molar-refractivity contribution in [2.45, 2.75) is 76.2 Å². The van der Waals surface area contributed by atoms with Gasteiger partial charge >= 0.3 is 5.97 Å². The zero-order chi connectivity index (χ0) is 29.4. The molecule has 4 rings (SSSR count). The second-order valence-electron chi connectivity index (χ2n) is 9.75. The zero-order valence-electron chi connectivity index (χ0n) is 24.0. The van der Waals surface area contributed by atoms with E-state index in [-0.39, 0.29) is 25.0 Å². The van der Waals surface area contributed by atoms with Crippen LogP contribution in [0.5, 0.6) is 5.75 Å². The molecule has 220 valence electrons. The topological polar surface area (TPSA) is 124 Å². The van der Waals surface area contributed by atoms with Crippen LogP contribution in [0.3, 0.4) is 0 Å². The highest BCUT2D eigenvalue weighted by Gasteiger charge is 2.28. The number of carbonyl (C=O) groups is 3. The number of fused-ring (bicyclic) bond motifs is 1. The second kappa shape index (κ2) is 14.5. The SMILES string of the molecule is CCCCOc1ccc(C(=O)NCc2nnc(S[C@@H](C)C(=O)Nc3sc4c(c3C(=O)OCC)CCCC4)n2C)cc1. The fraction of sp³-hybridized carbons (Fsp3) is 0.483. The maximum Gasteiger partial charge on any atom is 0.341 e. The number of ether oxygens (including phenoxy) is 2. The van der Waals surface area contributed by atoms with E-state index in [0.29, 0.717) is 33.7 Å². The van der Waals surface area contributed by atoms with Crippen LogP contribution in [-0.4, -0.2) is 51.0 Å². The van der Waals surface area contributed by atoms with Crippen LogP contribution in [0.15, 0.2) is 29.4 Å². The number of rotatable bonds is 13. The molecular weight excluding hydrogens is 562 g/mol. The summed E-state index contributed by atoms with van der Waals surface area (Å²) in [6, 6.07) is 7.03. The Balaban J connectivity index is 1.34. The Morgan fingerprint density at radius 3 is 2.61 bits per heavy atom. The molecule has 2 amide bonds. The lowest BCUT2D eigenvalue weighted by molar-refractivity contribution is -0.115. The number of anilines is 1. The van der Waals surface area contributed by atoms with Crippen LogP contribution in [0.4, 0.5) is 5.00 Å². The van der Waals surface area contributed by atoms with Gasteiger partial charge in [-0.3, -0.25) is 9.59 Å². The summed E-state index contributed by atoms with van der Waals surface area (Å²) in [4.78, 5) is 39.7. The van der Waals surface area contributed by atoms with Crippen LogP contribution < -0.4 is 15.4 Å². The molecule has 10 nitrogen and oxygen atoms in total. The molecular formula is C29H37N5O5S2. The van der Waals surface area contributed by atoms with Crippen molar-refractivity contribution in [3.63, 3.8) is 0 Å². The Morgan fingerprint density at radius 2 is 1.88 bits per heavy atom. The van der Waals surface area contributed by atoms with Crippen molar-refractivity contribution in [1.29, 1.82) is 0 Å². The van der Waals surface area contributed by atoms with Crippen molar-refractivity contribution in [2.24, 2.45) is 7.05 Å². The van der Waals surface area contributed by atoms with Gasteiger partial charge in [-0.2, -0.15) is 0 Å². The minimum atomic E-state index is -0.507. The largest absolute Gasteiger partial charge is 0.494 e. The van der Waals surface area contributed by atoms with Crippen molar-refractivity contribution in [3.05, 3.63) is 51.7 Å². The number of hydrogen-bond acceptors (Lipinski definition) is 9. The molecule has 0 aliphatic heterocycles. The van der Waals surface area contributed by atoms with E-state index in [2.05, 4.69) is 27.8 Å². The molecule has 1 aromatic carbocycles. The van der Waals surface area contributed by atoms with Crippen molar-refractivity contribution < 1.29 is 23.9 Å². The van der Waals surface area contributed by atoms with Gasteiger partial charge in [0.15, 0.2) is 11.0 Å². The minimum absolute atomic E-state index is 0.182. The third kappa shape index (κ3) is 7.68.